The molecule has 0 amide bonds. The zero-order chi connectivity index (χ0) is 12.1. The van der Waals surface area contributed by atoms with Gasteiger partial charge in [-0.1, -0.05) is 11.2 Å². The van der Waals surface area contributed by atoms with Crippen molar-refractivity contribution in [1.29, 1.82) is 0 Å². The van der Waals surface area contributed by atoms with Crippen molar-refractivity contribution in [2.24, 2.45) is 0 Å². The van der Waals surface area contributed by atoms with E-state index >= 15 is 0 Å². The highest BCUT2D eigenvalue weighted by atomic mass is 32.1. The summed E-state index contributed by atoms with van der Waals surface area (Å²) in [6, 6.07) is 7.90. The molecule has 0 unspecified atom stereocenters. The van der Waals surface area contributed by atoms with Crippen LogP contribution in [0.1, 0.15) is 23.8 Å². The van der Waals surface area contributed by atoms with Crippen LogP contribution in [-0.4, -0.2) is 10.1 Å². The maximum atomic E-state index is 5.54. The highest BCUT2D eigenvalue weighted by Crippen LogP contribution is 2.43. The lowest BCUT2D eigenvalue weighted by atomic mass is 10.1. The number of thiazole rings is 1. The first-order valence-corrected chi connectivity index (χ1v) is 6.74. The van der Waals surface area contributed by atoms with Crippen LogP contribution in [0.2, 0.25) is 0 Å². The first-order chi connectivity index (χ1) is 8.79. The second-order valence-corrected chi connectivity index (χ2v) is 5.69. The lowest BCUT2D eigenvalue weighted by molar-refractivity contribution is 0.439. The van der Waals surface area contributed by atoms with Gasteiger partial charge in [0.15, 0.2) is 0 Å². The van der Waals surface area contributed by atoms with Crippen LogP contribution in [0, 0.1) is 0 Å². The molecule has 18 heavy (non-hydrogen) atoms. The Morgan fingerprint density at radius 1 is 1.28 bits per heavy atom. The molecule has 4 nitrogen and oxygen atoms in total. The lowest BCUT2D eigenvalue weighted by Gasteiger charge is -1.94. The Kier molecular flexibility index (Phi) is 1.99. The lowest BCUT2D eigenvalue weighted by Crippen LogP contribution is -1.78. The topological polar surface area (TPSA) is 64.9 Å². The minimum absolute atomic E-state index is 0.341. The van der Waals surface area contributed by atoms with Crippen LogP contribution >= 0.6 is 11.3 Å². The van der Waals surface area contributed by atoms with Crippen molar-refractivity contribution in [1.82, 2.24) is 10.1 Å². The van der Waals surface area contributed by atoms with Gasteiger partial charge in [-0.15, -0.1) is 11.3 Å². The van der Waals surface area contributed by atoms with Gasteiger partial charge >= 0.3 is 0 Å². The predicted octanol–water partition coefficient (Wildman–Crippen LogP) is 3.41. The molecule has 1 fully saturated rings. The van der Waals surface area contributed by atoms with E-state index in [1.165, 1.54) is 22.5 Å². The summed E-state index contributed by atoms with van der Waals surface area (Å²) in [5.74, 6) is 1.04. The van der Waals surface area contributed by atoms with E-state index in [0.29, 0.717) is 11.8 Å². The fourth-order valence-corrected chi connectivity index (χ4v) is 3.21. The number of anilines is 1. The number of hydrogen-bond acceptors (Lipinski definition) is 5. The van der Waals surface area contributed by atoms with Gasteiger partial charge in [-0.05, 0) is 25.0 Å². The van der Waals surface area contributed by atoms with Crippen molar-refractivity contribution in [2.75, 3.05) is 5.73 Å². The van der Waals surface area contributed by atoms with Gasteiger partial charge in [0.05, 0.1) is 15.2 Å². The Balaban J connectivity index is 1.82. The van der Waals surface area contributed by atoms with Crippen molar-refractivity contribution in [3.63, 3.8) is 0 Å². The molecule has 1 saturated carbocycles. The van der Waals surface area contributed by atoms with Crippen LogP contribution in [-0.2, 0) is 0 Å². The van der Waals surface area contributed by atoms with Crippen LogP contribution in [0.5, 0.6) is 0 Å². The monoisotopic (exact) mass is 257 g/mol. The van der Waals surface area contributed by atoms with Gasteiger partial charge in [0, 0.05) is 17.5 Å². The molecular weight excluding hydrogens is 246 g/mol. The molecule has 1 aliphatic carbocycles. The number of nitrogen functional groups attached to an aromatic ring is 1. The largest absolute Gasteiger partial charge is 0.368 e. The molecule has 0 atom stereocenters. The van der Waals surface area contributed by atoms with Crippen molar-refractivity contribution < 1.29 is 4.52 Å². The highest BCUT2D eigenvalue weighted by molar-refractivity contribution is 7.18. The summed E-state index contributed by atoms with van der Waals surface area (Å²) in [6.45, 7) is 0. The molecule has 0 saturated heterocycles. The Morgan fingerprint density at radius 3 is 2.89 bits per heavy atom. The van der Waals surface area contributed by atoms with E-state index in [-0.39, 0.29) is 0 Å². The molecule has 1 aliphatic rings. The van der Waals surface area contributed by atoms with E-state index in [1.54, 1.807) is 17.4 Å². The van der Waals surface area contributed by atoms with Crippen molar-refractivity contribution in [3.8, 4) is 11.3 Å². The third kappa shape index (κ3) is 1.59. The zero-order valence-electron chi connectivity index (χ0n) is 9.59. The molecule has 3 aromatic rings. The summed E-state index contributed by atoms with van der Waals surface area (Å²) in [5.41, 5.74) is 8.41. The number of nitrogens with two attached hydrogens (primary N) is 1. The second-order valence-electron chi connectivity index (χ2n) is 4.62. The molecule has 2 heterocycles. The molecule has 0 radical (unpaired) electrons. The Bertz CT molecular complexity index is 727. The van der Waals surface area contributed by atoms with Gasteiger partial charge in [0.2, 0.25) is 5.88 Å². The van der Waals surface area contributed by atoms with E-state index in [0.717, 1.165) is 16.8 Å². The maximum absolute atomic E-state index is 5.54. The van der Waals surface area contributed by atoms with E-state index in [4.69, 9.17) is 10.3 Å². The van der Waals surface area contributed by atoms with Crippen LogP contribution in [0.25, 0.3) is 21.5 Å². The van der Waals surface area contributed by atoms with Crippen LogP contribution in [0.3, 0.4) is 0 Å². The third-order valence-electron chi connectivity index (χ3n) is 3.16. The standard InChI is InChI=1S/C13H11N3OS/c14-12-6-10(16-17-12)8-3-4-9-11(5-8)18-13(15-9)7-1-2-7/h3-7H,1-2,14H2. The van der Waals surface area contributed by atoms with Crippen molar-refractivity contribution >= 4 is 27.4 Å². The van der Waals surface area contributed by atoms with Crippen LogP contribution in [0.4, 0.5) is 5.88 Å². The number of aromatic nitrogens is 2. The van der Waals surface area contributed by atoms with E-state index < -0.39 is 0 Å². The number of rotatable bonds is 2. The predicted molar refractivity (Wildman–Crippen MR) is 71.5 cm³/mol. The normalized spacial score (nSPS) is 15.3. The van der Waals surface area contributed by atoms with E-state index in [2.05, 4.69) is 16.2 Å². The summed E-state index contributed by atoms with van der Waals surface area (Å²) in [6.07, 6.45) is 2.57. The number of nitrogens with zero attached hydrogens (tertiary/aromatic N) is 2. The van der Waals surface area contributed by atoms with Gasteiger partial charge < -0.3 is 10.3 Å². The summed E-state index contributed by atoms with van der Waals surface area (Å²) < 4.78 is 6.10. The first kappa shape index (κ1) is 10.1. The summed E-state index contributed by atoms with van der Waals surface area (Å²) in [5, 5.41) is 5.20. The summed E-state index contributed by atoms with van der Waals surface area (Å²) >= 11 is 1.78. The minimum atomic E-state index is 0.341. The molecular formula is C13H11N3OS. The van der Waals surface area contributed by atoms with Crippen molar-refractivity contribution in [3.05, 3.63) is 29.3 Å². The SMILES string of the molecule is Nc1cc(-c2ccc3nc(C4CC4)sc3c2)no1. The molecule has 2 N–H and O–H groups in total. The smallest absolute Gasteiger partial charge is 0.222 e. The number of hydrogen-bond donors (Lipinski definition) is 1. The van der Waals surface area contributed by atoms with Gasteiger partial charge in [0.25, 0.3) is 0 Å². The second kappa shape index (κ2) is 3.55. The fourth-order valence-electron chi connectivity index (χ4n) is 2.03. The Hall–Kier alpha value is -1.88. The molecule has 2 aromatic heterocycles. The zero-order valence-corrected chi connectivity index (χ0v) is 10.4. The van der Waals surface area contributed by atoms with Crippen LogP contribution in [0.15, 0.2) is 28.8 Å². The van der Waals surface area contributed by atoms with Crippen LogP contribution < -0.4 is 5.73 Å². The quantitative estimate of drug-likeness (QED) is 0.764. The molecule has 1 aromatic carbocycles. The van der Waals surface area contributed by atoms with Gasteiger partial charge in [0.1, 0.15) is 5.69 Å². The minimum Gasteiger partial charge on any atom is -0.368 e. The molecule has 0 spiro atoms. The van der Waals surface area contributed by atoms with Gasteiger partial charge in [-0.3, -0.25) is 0 Å². The molecule has 5 heteroatoms. The fraction of sp³-hybridized carbons (Fsp3) is 0.231. The molecule has 0 aliphatic heterocycles. The van der Waals surface area contributed by atoms with E-state index in [9.17, 15) is 0 Å². The van der Waals surface area contributed by atoms with E-state index in [1.807, 2.05) is 12.1 Å². The highest BCUT2D eigenvalue weighted by Gasteiger charge is 2.27. The summed E-state index contributed by atoms with van der Waals surface area (Å²) in [4.78, 5) is 4.66. The Morgan fingerprint density at radius 2 is 2.17 bits per heavy atom. The Labute approximate surface area is 107 Å². The number of benzene rings is 1. The first-order valence-electron chi connectivity index (χ1n) is 5.92. The third-order valence-corrected chi connectivity index (χ3v) is 4.34. The summed E-state index contributed by atoms with van der Waals surface area (Å²) in [7, 11) is 0. The average molecular weight is 257 g/mol. The van der Waals surface area contributed by atoms with Gasteiger partial charge in [-0.25, -0.2) is 4.98 Å². The maximum Gasteiger partial charge on any atom is 0.222 e. The average Bonchev–Trinajstić information content (AvgIpc) is 2.99. The van der Waals surface area contributed by atoms with Crippen molar-refractivity contribution in [2.45, 2.75) is 18.8 Å². The molecule has 4 rings (SSSR count). The number of fused-ring (bicyclic) bond motifs is 1. The molecule has 0 bridgehead atoms. The van der Waals surface area contributed by atoms with Gasteiger partial charge in [-0.2, -0.15) is 0 Å². The molecule has 90 valence electrons.